The van der Waals surface area contributed by atoms with Gasteiger partial charge in [-0.15, -0.1) is 0 Å². The van der Waals surface area contributed by atoms with Crippen LogP contribution in [0.25, 0.3) is 32.3 Å². The molecule has 0 aromatic heterocycles. The van der Waals surface area contributed by atoms with E-state index in [4.69, 9.17) is 34.8 Å². The molecule has 11 rings (SSSR count). The van der Waals surface area contributed by atoms with Crippen molar-refractivity contribution in [2.24, 2.45) is 15.3 Å². The highest BCUT2D eigenvalue weighted by Crippen LogP contribution is 2.28. The minimum atomic E-state index is -0.421. The molecule has 11 aromatic rings. The van der Waals surface area contributed by atoms with Gasteiger partial charge in [0.2, 0.25) is 0 Å². The van der Waals surface area contributed by atoms with Crippen molar-refractivity contribution in [2.45, 2.75) is 26.7 Å². The molecule has 95 heavy (non-hydrogen) atoms. The first-order valence-corrected chi connectivity index (χ1v) is 31.2. The Labute approximate surface area is 566 Å². The second kappa shape index (κ2) is 34.3. The summed E-state index contributed by atoms with van der Waals surface area (Å²) in [7, 11) is 0. The monoisotopic (exact) mass is 1310 g/mol. The van der Waals surface area contributed by atoms with Crippen LogP contribution >= 0.6 is 34.8 Å². The van der Waals surface area contributed by atoms with Crippen molar-refractivity contribution in [3.63, 3.8) is 0 Å². The van der Waals surface area contributed by atoms with Crippen LogP contribution in [0.5, 0.6) is 17.2 Å². The van der Waals surface area contributed by atoms with E-state index in [1.54, 1.807) is 18.6 Å². The number of carbonyl (C=O) groups is 3. The summed E-state index contributed by atoms with van der Waals surface area (Å²) < 4.78 is 0. The molecule has 470 valence electrons. The van der Waals surface area contributed by atoms with E-state index in [1.807, 2.05) is 146 Å². The number of phenols is 3. The van der Waals surface area contributed by atoms with Gasteiger partial charge < -0.3 is 15.3 Å². The minimum Gasteiger partial charge on any atom is -0.506 e. The van der Waals surface area contributed by atoms with Crippen molar-refractivity contribution >= 4 is 103 Å². The van der Waals surface area contributed by atoms with Crippen LogP contribution in [0.2, 0.25) is 15.1 Å². The molecule has 13 nitrogen and oxygen atoms in total. The van der Waals surface area contributed by atoms with E-state index in [9.17, 15) is 29.7 Å². The lowest BCUT2D eigenvalue weighted by molar-refractivity contribution is 0.0947. The number of hydrogen-bond acceptors (Lipinski definition) is 10. The van der Waals surface area contributed by atoms with Gasteiger partial charge in [0.1, 0.15) is 17.2 Å². The molecule has 3 amide bonds. The summed E-state index contributed by atoms with van der Waals surface area (Å²) in [6.45, 7) is 6.94. The Hall–Kier alpha value is -11.5. The van der Waals surface area contributed by atoms with Crippen LogP contribution in [0, 0.1) is 35.5 Å². The average molecular weight is 1310 g/mol. The molecular formula is C79H62Cl3N7O6. The summed E-state index contributed by atoms with van der Waals surface area (Å²) in [4.78, 5) is 39.1. The van der Waals surface area contributed by atoms with Crippen LogP contribution in [0.4, 0.5) is 0 Å². The van der Waals surface area contributed by atoms with Crippen molar-refractivity contribution in [1.29, 1.82) is 0 Å². The van der Waals surface area contributed by atoms with E-state index in [0.717, 1.165) is 85.3 Å². The molecule has 0 radical (unpaired) electrons. The van der Waals surface area contributed by atoms with Crippen molar-refractivity contribution < 1.29 is 29.7 Å². The number of nitrogens with one attached hydrogen (secondary N) is 3. The molecule has 0 aliphatic carbocycles. The second-order valence-corrected chi connectivity index (χ2v) is 22.3. The number of amides is 3. The van der Waals surface area contributed by atoms with Gasteiger partial charge in [0.05, 0.1) is 40.3 Å². The molecule has 11 aromatic carbocycles. The molecular weight excluding hydrogens is 1250 g/mol. The fourth-order valence-corrected chi connectivity index (χ4v) is 10.2. The van der Waals surface area contributed by atoms with Gasteiger partial charge in [-0.3, -0.25) is 19.3 Å². The maximum Gasteiger partial charge on any atom is 0.271 e. The van der Waals surface area contributed by atoms with Crippen molar-refractivity contribution in [2.75, 3.05) is 19.6 Å². The SMILES string of the molecule is CCN(CC)CC#Cc1ccc(/C=N/NC(=O)c2ccc(O)c(Cl)c2)c2ccccc12.O=C(N/N=C/c1ccc(C#CCc2ccccc2)c2ccccc12)c1ccc(O)c(Cl)c1.O=C(N/N=C/c1ccc(C#CCc2ccccc2)c2ccccc12)c1ccc(O)c(Cl)c1. The number of phenolic OH excluding ortho intramolecular Hbond substituents is 3. The maximum atomic E-state index is 12.3. The summed E-state index contributed by atoms with van der Waals surface area (Å²) in [6, 6.07) is 68.6. The Kier molecular flexibility index (Phi) is 24.5. The van der Waals surface area contributed by atoms with Gasteiger partial charge in [0, 0.05) is 62.9 Å². The smallest absolute Gasteiger partial charge is 0.271 e. The van der Waals surface area contributed by atoms with Gasteiger partial charge in [0.25, 0.3) is 17.7 Å². The number of benzene rings is 11. The third kappa shape index (κ3) is 19.1. The van der Waals surface area contributed by atoms with Gasteiger partial charge in [-0.2, -0.15) is 15.3 Å². The molecule has 0 heterocycles. The van der Waals surface area contributed by atoms with Gasteiger partial charge in [0.15, 0.2) is 0 Å². The maximum absolute atomic E-state index is 12.3. The number of halogens is 3. The topological polar surface area (TPSA) is 188 Å². The Bertz CT molecular complexity index is 4670. The van der Waals surface area contributed by atoms with E-state index in [0.29, 0.717) is 29.5 Å². The molecule has 0 aliphatic rings. The zero-order chi connectivity index (χ0) is 66.9. The molecule has 0 saturated heterocycles. The number of hydrazone groups is 3. The first kappa shape index (κ1) is 67.9. The number of aromatic hydroxyl groups is 3. The third-order valence-electron chi connectivity index (χ3n) is 14.7. The number of hydrogen-bond donors (Lipinski definition) is 6. The largest absolute Gasteiger partial charge is 0.506 e. The average Bonchev–Trinajstić information content (AvgIpc) is 0.922. The van der Waals surface area contributed by atoms with Gasteiger partial charge in [-0.1, -0.05) is 236 Å². The molecule has 0 saturated carbocycles. The summed E-state index contributed by atoms with van der Waals surface area (Å²) in [5.41, 5.74) is 16.2. The Morgan fingerprint density at radius 3 is 0.989 bits per heavy atom. The van der Waals surface area contributed by atoms with Crippen LogP contribution in [-0.2, 0) is 12.8 Å². The highest BCUT2D eigenvalue weighted by Gasteiger charge is 2.12. The highest BCUT2D eigenvalue weighted by molar-refractivity contribution is 6.33. The van der Waals surface area contributed by atoms with Gasteiger partial charge in [-0.25, -0.2) is 16.3 Å². The predicted octanol–water partition coefficient (Wildman–Crippen LogP) is 15.8. The lowest BCUT2D eigenvalue weighted by atomic mass is 10.00. The third-order valence-corrected chi connectivity index (χ3v) is 15.7. The van der Waals surface area contributed by atoms with Gasteiger partial charge >= 0.3 is 0 Å². The van der Waals surface area contributed by atoms with Crippen molar-refractivity contribution in [3.8, 4) is 52.8 Å². The summed E-state index contributed by atoms with van der Waals surface area (Å²) in [6.07, 6.45) is 6.18. The molecule has 0 atom stereocenters. The lowest BCUT2D eigenvalue weighted by Crippen LogP contribution is -2.22. The zero-order valence-corrected chi connectivity index (χ0v) is 53.9. The quantitative estimate of drug-likeness (QED) is 0.0355. The summed E-state index contributed by atoms with van der Waals surface area (Å²) in [5.74, 6) is 18.1. The molecule has 0 unspecified atom stereocenters. The minimum absolute atomic E-state index is 0.0755. The van der Waals surface area contributed by atoms with E-state index in [2.05, 4.69) is 110 Å². The number of fused-ring (bicyclic) bond motifs is 3. The lowest BCUT2D eigenvalue weighted by Gasteiger charge is -2.13. The van der Waals surface area contributed by atoms with E-state index < -0.39 is 17.7 Å². The van der Waals surface area contributed by atoms with Crippen LogP contribution in [0.1, 0.15) is 89.4 Å². The Balaban J connectivity index is 0.000000168. The Morgan fingerprint density at radius 1 is 0.389 bits per heavy atom. The fourth-order valence-electron chi connectivity index (χ4n) is 9.62. The number of nitrogens with zero attached hydrogens (tertiary/aromatic N) is 4. The molecule has 0 aliphatic heterocycles. The summed E-state index contributed by atoms with van der Waals surface area (Å²) >= 11 is 17.6. The zero-order valence-electron chi connectivity index (χ0n) is 51.6. The normalized spacial score (nSPS) is 10.8. The summed E-state index contributed by atoms with van der Waals surface area (Å²) in [5, 5.41) is 47.1. The first-order chi connectivity index (χ1) is 46.3. The second-order valence-electron chi connectivity index (χ2n) is 21.0. The molecule has 0 fully saturated rings. The number of carbonyl (C=O) groups excluding carboxylic acids is 3. The predicted molar refractivity (Wildman–Crippen MR) is 385 cm³/mol. The molecule has 0 bridgehead atoms. The highest BCUT2D eigenvalue weighted by atomic mass is 35.5. The molecule has 16 heteroatoms. The van der Waals surface area contributed by atoms with Crippen molar-refractivity contribution in [1.82, 2.24) is 21.2 Å². The van der Waals surface area contributed by atoms with Crippen LogP contribution in [0.3, 0.4) is 0 Å². The van der Waals surface area contributed by atoms with Crippen molar-refractivity contribution in [3.05, 3.63) is 301 Å². The standard InChI is InChI=1S/2C27H19ClN2O2.C25H24ClN3O2/c2*28-25-17-21(15-16-26(25)31)27(32)30-29-18-22-14-13-20(23-11-4-5-12-24(22)23)10-6-9-19-7-2-1-3-8-19;1-3-29(4-2)15-7-8-18-11-12-20(22-10-6-5-9-21(18)22)17-27-28-25(31)19-13-14-24(30)23(26)16-19/h2*1-5,7-8,11-18,31H,9H2,(H,30,32);5-6,9-14,16-17,30H,3-4,15H2,1-2H3,(H,28,31)/b2*29-18+;27-17+. The van der Waals surface area contributed by atoms with Crippen LogP contribution < -0.4 is 16.3 Å². The number of rotatable bonds is 14. The van der Waals surface area contributed by atoms with E-state index in [1.165, 1.54) is 65.7 Å². The van der Waals surface area contributed by atoms with E-state index in [-0.39, 0.29) is 32.3 Å². The van der Waals surface area contributed by atoms with E-state index >= 15 is 0 Å². The van der Waals surface area contributed by atoms with Crippen LogP contribution in [0.15, 0.2) is 240 Å². The van der Waals surface area contributed by atoms with Crippen LogP contribution in [-0.4, -0.2) is 76.2 Å². The molecule has 0 spiro atoms. The molecule has 6 N–H and O–H groups in total. The van der Waals surface area contributed by atoms with Gasteiger partial charge in [-0.05, 0) is 129 Å². The first-order valence-electron chi connectivity index (χ1n) is 30.0. The Morgan fingerprint density at radius 2 is 0.684 bits per heavy atom. The fraction of sp³-hybridized carbons (Fsp3) is 0.0886.